The van der Waals surface area contributed by atoms with Crippen LogP contribution in [0.15, 0.2) is 18.3 Å². The van der Waals surface area contributed by atoms with Crippen molar-refractivity contribution in [3.63, 3.8) is 0 Å². The van der Waals surface area contributed by atoms with E-state index in [1.165, 1.54) is 0 Å². The first-order valence-corrected chi connectivity index (χ1v) is 5.73. The van der Waals surface area contributed by atoms with Crippen LogP contribution >= 0.6 is 0 Å². The molecule has 1 aromatic heterocycles. The molecule has 2 heterocycles. The molecule has 96 valence electrons. The Morgan fingerprint density at radius 3 is 2.78 bits per heavy atom. The van der Waals surface area contributed by atoms with E-state index in [4.69, 9.17) is 0 Å². The Bertz CT molecular complexity index is 470. The number of aliphatic hydroxyl groups is 1. The fraction of sp³-hybridized carbons (Fsp3) is 0.417. The quantitative estimate of drug-likeness (QED) is 0.720. The number of nitrogens with one attached hydrogen (secondary N) is 1. The molecule has 0 spiro atoms. The van der Waals surface area contributed by atoms with E-state index in [0.717, 1.165) is 0 Å². The van der Waals surface area contributed by atoms with Gasteiger partial charge < -0.3 is 10.0 Å². The number of aliphatic hydroxyl groups excluding tert-OH is 1. The summed E-state index contributed by atoms with van der Waals surface area (Å²) in [6, 6.07) is 3.02. The molecule has 2 amide bonds. The number of nitrogens with zero attached hydrogens (tertiary/aromatic N) is 2. The minimum atomic E-state index is -0.636. The third-order valence-electron chi connectivity index (χ3n) is 2.95. The third kappa shape index (κ3) is 2.33. The summed E-state index contributed by atoms with van der Waals surface area (Å²) in [5.41, 5.74) is 1.24. The van der Waals surface area contributed by atoms with Crippen LogP contribution in [-0.2, 0) is 9.59 Å². The Morgan fingerprint density at radius 1 is 1.50 bits per heavy atom. The summed E-state index contributed by atoms with van der Waals surface area (Å²) < 4.78 is 0. The predicted molar refractivity (Wildman–Crippen MR) is 64.8 cm³/mol. The van der Waals surface area contributed by atoms with Crippen LogP contribution in [-0.4, -0.2) is 34.5 Å². The smallest absolute Gasteiger partial charge is 0.249 e. The molecule has 2 rings (SSSR count). The Labute approximate surface area is 105 Å². The van der Waals surface area contributed by atoms with Crippen LogP contribution in [0.1, 0.15) is 25.6 Å². The number of rotatable bonds is 2. The number of carbonyl (C=O) groups is 2. The number of hydrogen-bond donors (Lipinski definition) is 2. The molecule has 1 fully saturated rings. The summed E-state index contributed by atoms with van der Waals surface area (Å²) in [5.74, 6) is -0.636. The number of anilines is 1. The number of piperazine rings is 1. The lowest BCUT2D eigenvalue weighted by molar-refractivity contribution is -0.132. The molecule has 0 aromatic carbocycles. The Hall–Kier alpha value is -1.95. The van der Waals surface area contributed by atoms with Crippen molar-refractivity contribution in [1.29, 1.82) is 0 Å². The molecule has 1 aromatic rings. The van der Waals surface area contributed by atoms with Gasteiger partial charge in [-0.25, -0.2) is 0 Å². The number of imide groups is 1. The molecule has 0 bridgehead atoms. The van der Waals surface area contributed by atoms with Gasteiger partial charge in [-0.15, -0.1) is 0 Å². The van der Waals surface area contributed by atoms with Gasteiger partial charge in [-0.1, -0.05) is 0 Å². The number of aromatic nitrogens is 1. The van der Waals surface area contributed by atoms with E-state index in [9.17, 15) is 14.7 Å². The molecule has 0 aliphatic carbocycles. The normalized spacial score (nSPS) is 21.7. The molecule has 0 radical (unpaired) electrons. The predicted octanol–water partition coefficient (Wildman–Crippen LogP) is -0.0138. The molecule has 1 unspecified atom stereocenters. The molecule has 2 N–H and O–H groups in total. The van der Waals surface area contributed by atoms with Crippen molar-refractivity contribution < 1.29 is 14.7 Å². The van der Waals surface area contributed by atoms with Gasteiger partial charge in [-0.05, 0) is 26.0 Å². The Morgan fingerprint density at radius 2 is 2.22 bits per heavy atom. The van der Waals surface area contributed by atoms with Gasteiger partial charge >= 0.3 is 0 Å². The number of amides is 2. The Kier molecular flexibility index (Phi) is 3.29. The Balaban J connectivity index is 2.24. The lowest BCUT2D eigenvalue weighted by atomic mass is 10.1. The van der Waals surface area contributed by atoms with Gasteiger partial charge in [0.05, 0.1) is 30.2 Å². The van der Waals surface area contributed by atoms with Crippen molar-refractivity contribution in [3.05, 3.63) is 24.0 Å². The monoisotopic (exact) mass is 249 g/mol. The van der Waals surface area contributed by atoms with E-state index in [2.05, 4.69) is 10.3 Å². The summed E-state index contributed by atoms with van der Waals surface area (Å²) in [6.07, 6.45) is 0.924. The van der Waals surface area contributed by atoms with Crippen molar-refractivity contribution in [2.45, 2.75) is 26.0 Å². The molecular formula is C12H15N3O3. The van der Waals surface area contributed by atoms with Crippen molar-refractivity contribution in [1.82, 2.24) is 10.3 Å². The topological polar surface area (TPSA) is 82.5 Å². The van der Waals surface area contributed by atoms with Crippen LogP contribution in [0.25, 0.3) is 0 Å². The SMILES string of the molecule is CC1C(=O)NC(=O)CN1c1ccc([C@@H](C)O)nc1. The maximum atomic E-state index is 11.5. The molecule has 0 saturated carbocycles. The number of carbonyl (C=O) groups excluding carboxylic acids is 2. The second-order valence-corrected chi connectivity index (χ2v) is 4.33. The van der Waals surface area contributed by atoms with E-state index >= 15 is 0 Å². The van der Waals surface area contributed by atoms with Crippen LogP contribution in [0.3, 0.4) is 0 Å². The first kappa shape index (κ1) is 12.5. The zero-order chi connectivity index (χ0) is 13.3. The second-order valence-electron chi connectivity index (χ2n) is 4.33. The van der Waals surface area contributed by atoms with Gasteiger partial charge in [0.1, 0.15) is 6.04 Å². The standard InChI is InChI=1S/C12H15N3O3/c1-7-12(18)14-11(17)6-15(7)9-3-4-10(8(2)16)13-5-9/h3-5,7-8,16H,6H2,1-2H3,(H,14,17,18)/t7?,8-/m1/s1. The van der Waals surface area contributed by atoms with Crippen LogP contribution in [0, 0.1) is 0 Å². The summed E-state index contributed by atoms with van der Waals surface area (Å²) >= 11 is 0. The highest BCUT2D eigenvalue weighted by molar-refractivity contribution is 6.04. The molecule has 1 aliphatic rings. The van der Waals surface area contributed by atoms with E-state index in [-0.39, 0.29) is 18.4 Å². The molecule has 1 saturated heterocycles. The summed E-state index contributed by atoms with van der Waals surface area (Å²) in [6.45, 7) is 3.48. The van der Waals surface area contributed by atoms with Gasteiger partial charge in [-0.2, -0.15) is 0 Å². The molecule has 1 aliphatic heterocycles. The zero-order valence-electron chi connectivity index (χ0n) is 10.3. The summed E-state index contributed by atoms with van der Waals surface area (Å²) in [5, 5.41) is 11.6. The summed E-state index contributed by atoms with van der Waals surface area (Å²) in [4.78, 5) is 28.7. The molecule has 2 atom stereocenters. The molecular weight excluding hydrogens is 234 g/mol. The fourth-order valence-corrected chi connectivity index (χ4v) is 1.84. The van der Waals surface area contributed by atoms with E-state index in [1.807, 2.05) is 0 Å². The van der Waals surface area contributed by atoms with Gasteiger partial charge in [0.25, 0.3) is 0 Å². The highest BCUT2D eigenvalue weighted by Gasteiger charge is 2.30. The minimum absolute atomic E-state index is 0.128. The van der Waals surface area contributed by atoms with Crippen LogP contribution in [0.2, 0.25) is 0 Å². The highest BCUT2D eigenvalue weighted by atomic mass is 16.3. The second kappa shape index (κ2) is 4.73. The van der Waals surface area contributed by atoms with E-state index < -0.39 is 12.1 Å². The molecule has 6 heteroatoms. The van der Waals surface area contributed by atoms with Crippen molar-refractivity contribution in [2.24, 2.45) is 0 Å². The molecule has 6 nitrogen and oxygen atoms in total. The van der Waals surface area contributed by atoms with Crippen molar-refractivity contribution in [3.8, 4) is 0 Å². The largest absolute Gasteiger partial charge is 0.387 e. The molecule has 18 heavy (non-hydrogen) atoms. The van der Waals surface area contributed by atoms with Gasteiger partial charge in [-0.3, -0.25) is 19.9 Å². The van der Waals surface area contributed by atoms with Crippen LogP contribution < -0.4 is 10.2 Å². The highest BCUT2D eigenvalue weighted by Crippen LogP contribution is 2.19. The number of hydrogen-bond acceptors (Lipinski definition) is 5. The fourth-order valence-electron chi connectivity index (χ4n) is 1.84. The van der Waals surface area contributed by atoms with Crippen LogP contribution in [0.4, 0.5) is 5.69 Å². The first-order valence-electron chi connectivity index (χ1n) is 5.73. The van der Waals surface area contributed by atoms with Crippen LogP contribution in [0.5, 0.6) is 0 Å². The lowest BCUT2D eigenvalue weighted by Crippen LogP contribution is -2.57. The van der Waals surface area contributed by atoms with E-state index in [0.29, 0.717) is 11.4 Å². The van der Waals surface area contributed by atoms with Crippen molar-refractivity contribution in [2.75, 3.05) is 11.4 Å². The lowest BCUT2D eigenvalue weighted by Gasteiger charge is -2.33. The van der Waals surface area contributed by atoms with Gasteiger partial charge in [0.15, 0.2) is 0 Å². The minimum Gasteiger partial charge on any atom is -0.387 e. The summed E-state index contributed by atoms with van der Waals surface area (Å²) in [7, 11) is 0. The third-order valence-corrected chi connectivity index (χ3v) is 2.95. The van der Waals surface area contributed by atoms with Gasteiger partial charge in [0, 0.05) is 0 Å². The zero-order valence-corrected chi connectivity index (χ0v) is 10.3. The maximum Gasteiger partial charge on any atom is 0.249 e. The average Bonchev–Trinajstić information content (AvgIpc) is 2.34. The van der Waals surface area contributed by atoms with Crippen molar-refractivity contribution >= 4 is 17.5 Å². The number of pyridine rings is 1. The van der Waals surface area contributed by atoms with Gasteiger partial charge in [0.2, 0.25) is 11.8 Å². The maximum absolute atomic E-state index is 11.5. The first-order chi connectivity index (χ1) is 8.49. The van der Waals surface area contributed by atoms with E-state index in [1.54, 1.807) is 37.1 Å². The average molecular weight is 249 g/mol.